The average molecular weight is 434 g/mol. The van der Waals surface area contributed by atoms with Gasteiger partial charge in [0.05, 0.1) is 16.7 Å². The second-order valence-electron chi connectivity index (χ2n) is 7.06. The van der Waals surface area contributed by atoms with E-state index in [0.29, 0.717) is 20.5 Å². The lowest BCUT2D eigenvalue weighted by Crippen LogP contribution is -2.17. The number of carbonyl (C=O) groups excluding carboxylic acids is 2. The van der Waals surface area contributed by atoms with Crippen LogP contribution in [0.3, 0.4) is 0 Å². The molecular weight excluding hydrogens is 414 g/mol. The minimum Gasteiger partial charge on any atom is -0.459 e. The number of nitrogens with one attached hydrogen (secondary N) is 1. The van der Waals surface area contributed by atoms with Crippen molar-refractivity contribution in [2.75, 3.05) is 5.32 Å². The standard InChI is InChI=1S/C21H20ClNO3S2/c1-11(2)26-21(25)16-12-7-3-5-9-14(12)28-20(16)23-19(24)18-17(22)13-8-4-6-10-15(13)27-18/h4,6,8,10-11H,3,5,7,9H2,1-2H3,(H,23,24). The zero-order valence-corrected chi connectivity index (χ0v) is 18.0. The van der Waals surface area contributed by atoms with Gasteiger partial charge in [-0.2, -0.15) is 0 Å². The molecular formula is C21H20ClNO3S2. The molecule has 0 fully saturated rings. The molecule has 2 aromatic heterocycles. The van der Waals surface area contributed by atoms with Gasteiger partial charge in [0.1, 0.15) is 9.88 Å². The second-order valence-corrected chi connectivity index (χ2v) is 9.60. The zero-order chi connectivity index (χ0) is 19.8. The summed E-state index contributed by atoms with van der Waals surface area (Å²) in [6.45, 7) is 3.65. The third kappa shape index (κ3) is 3.56. The summed E-state index contributed by atoms with van der Waals surface area (Å²) >= 11 is 9.29. The number of benzene rings is 1. The first-order valence-electron chi connectivity index (χ1n) is 9.29. The number of thiophene rings is 2. The maximum atomic E-state index is 13.0. The number of rotatable bonds is 4. The molecule has 0 spiro atoms. The number of halogens is 1. The molecule has 146 valence electrons. The van der Waals surface area contributed by atoms with Crippen LogP contribution in [-0.2, 0) is 17.6 Å². The second kappa shape index (κ2) is 7.85. The van der Waals surface area contributed by atoms with Crippen LogP contribution in [0, 0.1) is 0 Å². The van der Waals surface area contributed by atoms with E-state index >= 15 is 0 Å². The first kappa shape index (κ1) is 19.4. The number of aryl methyl sites for hydroxylation is 1. The summed E-state index contributed by atoms with van der Waals surface area (Å²) in [5, 5.41) is 4.83. The molecule has 0 atom stereocenters. The summed E-state index contributed by atoms with van der Waals surface area (Å²) in [6.07, 6.45) is 3.70. The Hall–Kier alpha value is -1.89. The van der Waals surface area contributed by atoms with Crippen LogP contribution in [0.4, 0.5) is 5.00 Å². The Morgan fingerprint density at radius 2 is 1.89 bits per heavy atom. The van der Waals surface area contributed by atoms with Crippen LogP contribution < -0.4 is 5.32 Å². The lowest BCUT2D eigenvalue weighted by molar-refractivity contribution is 0.0378. The summed E-state index contributed by atoms with van der Waals surface area (Å²) in [5.41, 5.74) is 1.54. The summed E-state index contributed by atoms with van der Waals surface area (Å²) in [5.74, 6) is -0.657. The molecule has 0 unspecified atom stereocenters. The number of esters is 1. The molecule has 0 saturated carbocycles. The topological polar surface area (TPSA) is 55.4 Å². The fourth-order valence-electron chi connectivity index (χ4n) is 3.46. The number of hydrogen-bond donors (Lipinski definition) is 1. The number of hydrogen-bond acceptors (Lipinski definition) is 5. The molecule has 4 rings (SSSR count). The van der Waals surface area contributed by atoms with Crippen molar-refractivity contribution < 1.29 is 14.3 Å². The number of fused-ring (bicyclic) bond motifs is 2. The Morgan fingerprint density at radius 3 is 2.64 bits per heavy atom. The number of ether oxygens (including phenoxy) is 1. The van der Waals surface area contributed by atoms with E-state index in [1.165, 1.54) is 27.6 Å². The zero-order valence-electron chi connectivity index (χ0n) is 15.6. The molecule has 1 aliphatic carbocycles. The van der Waals surface area contributed by atoms with Crippen LogP contribution in [0.1, 0.15) is 57.2 Å². The summed E-state index contributed by atoms with van der Waals surface area (Å²) in [4.78, 5) is 27.4. The lowest BCUT2D eigenvalue weighted by Gasteiger charge is -2.14. The van der Waals surface area contributed by atoms with Gasteiger partial charge in [-0.3, -0.25) is 4.79 Å². The Kier molecular flexibility index (Phi) is 5.45. The maximum Gasteiger partial charge on any atom is 0.341 e. The molecule has 0 saturated heterocycles. The van der Waals surface area contributed by atoms with Crippen molar-refractivity contribution in [2.45, 2.75) is 45.6 Å². The van der Waals surface area contributed by atoms with E-state index in [1.54, 1.807) is 0 Å². The summed E-state index contributed by atoms with van der Waals surface area (Å²) in [6, 6.07) is 7.67. The van der Waals surface area contributed by atoms with Crippen LogP contribution in [0.15, 0.2) is 24.3 Å². The van der Waals surface area contributed by atoms with Gasteiger partial charge >= 0.3 is 5.97 Å². The molecule has 1 N–H and O–H groups in total. The largest absolute Gasteiger partial charge is 0.459 e. The normalized spacial score (nSPS) is 13.6. The maximum absolute atomic E-state index is 13.0. The first-order valence-corrected chi connectivity index (χ1v) is 11.3. The number of carbonyl (C=O) groups is 2. The molecule has 2 heterocycles. The van der Waals surface area contributed by atoms with Gasteiger partial charge in [-0.05, 0) is 51.2 Å². The highest BCUT2D eigenvalue weighted by atomic mass is 35.5. The van der Waals surface area contributed by atoms with Crippen LogP contribution >= 0.6 is 34.3 Å². The third-order valence-corrected chi connectivity index (χ3v) is 7.57. The van der Waals surface area contributed by atoms with Crippen molar-refractivity contribution in [2.24, 2.45) is 0 Å². The summed E-state index contributed by atoms with van der Waals surface area (Å²) < 4.78 is 6.41. The van der Waals surface area contributed by atoms with Crippen molar-refractivity contribution in [1.82, 2.24) is 0 Å². The first-order chi connectivity index (χ1) is 13.5. The van der Waals surface area contributed by atoms with Gasteiger partial charge in [-0.25, -0.2) is 4.79 Å². The highest BCUT2D eigenvalue weighted by Gasteiger charge is 2.29. The van der Waals surface area contributed by atoms with Crippen LogP contribution in [0.5, 0.6) is 0 Å². The van der Waals surface area contributed by atoms with E-state index in [4.69, 9.17) is 16.3 Å². The Labute approximate surface area is 176 Å². The van der Waals surface area contributed by atoms with E-state index in [2.05, 4.69) is 5.32 Å². The smallest absolute Gasteiger partial charge is 0.341 e. The molecule has 28 heavy (non-hydrogen) atoms. The van der Waals surface area contributed by atoms with Crippen LogP contribution in [-0.4, -0.2) is 18.0 Å². The SMILES string of the molecule is CC(C)OC(=O)c1c(NC(=O)c2sc3ccccc3c2Cl)sc2c1CCCC2. The van der Waals surface area contributed by atoms with Gasteiger partial charge in [0.15, 0.2) is 0 Å². The molecule has 0 bridgehead atoms. The van der Waals surface area contributed by atoms with Crippen molar-refractivity contribution in [3.63, 3.8) is 0 Å². The van der Waals surface area contributed by atoms with Crippen molar-refractivity contribution in [1.29, 1.82) is 0 Å². The molecule has 4 nitrogen and oxygen atoms in total. The predicted molar refractivity (Wildman–Crippen MR) is 116 cm³/mol. The third-order valence-electron chi connectivity index (χ3n) is 4.69. The van der Waals surface area contributed by atoms with E-state index in [1.807, 2.05) is 38.1 Å². The molecule has 1 aliphatic rings. The fraction of sp³-hybridized carbons (Fsp3) is 0.333. The van der Waals surface area contributed by atoms with E-state index < -0.39 is 0 Å². The summed E-state index contributed by atoms with van der Waals surface area (Å²) in [7, 11) is 0. The van der Waals surface area contributed by atoms with Gasteiger partial charge in [-0.15, -0.1) is 22.7 Å². The monoisotopic (exact) mass is 433 g/mol. The van der Waals surface area contributed by atoms with Gasteiger partial charge in [0.25, 0.3) is 5.91 Å². The molecule has 0 radical (unpaired) electrons. The van der Waals surface area contributed by atoms with Crippen LogP contribution in [0.25, 0.3) is 10.1 Å². The molecule has 1 amide bonds. The predicted octanol–water partition coefficient (Wildman–Crippen LogP) is 6.31. The average Bonchev–Trinajstić information content (AvgIpc) is 3.19. The van der Waals surface area contributed by atoms with Crippen molar-refractivity contribution >= 4 is 61.2 Å². The Balaban J connectivity index is 1.70. The molecule has 7 heteroatoms. The molecule has 1 aromatic carbocycles. The van der Waals surface area contributed by atoms with E-state index in [-0.39, 0.29) is 18.0 Å². The lowest BCUT2D eigenvalue weighted by atomic mass is 9.95. The highest BCUT2D eigenvalue weighted by Crippen LogP contribution is 2.40. The quantitative estimate of drug-likeness (QED) is 0.490. The minimum atomic E-state index is -0.368. The molecule has 3 aromatic rings. The Morgan fingerprint density at radius 1 is 1.14 bits per heavy atom. The number of anilines is 1. The fourth-order valence-corrected chi connectivity index (χ4v) is 6.15. The van der Waals surface area contributed by atoms with Crippen molar-refractivity contribution in [3.05, 3.63) is 50.2 Å². The highest BCUT2D eigenvalue weighted by molar-refractivity contribution is 7.22. The van der Waals surface area contributed by atoms with E-state index in [0.717, 1.165) is 41.3 Å². The van der Waals surface area contributed by atoms with Gasteiger partial charge in [0, 0.05) is 15.0 Å². The van der Waals surface area contributed by atoms with Gasteiger partial charge < -0.3 is 10.1 Å². The van der Waals surface area contributed by atoms with Gasteiger partial charge in [-0.1, -0.05) is 29.8 Å². The van der Waals surface area contributed by atoms with Gasteiger partial charge in [0.2, 0.25) is 0 Å². The van der Waals surface area contributed by atoms with Crippen molar-refractivity contribution in [3.8, 4) is 0 Å². The van der Waals surface area contributed by atoms with E-state index in [9.17, 15) is 9.59 Å². The molecule has 0 aliphatic heterocycles. The minimum absolute atomic E-state index is 0.216. The number of amides is 1. The Bertz CT molecular complexity index is 1070. The van der Waals surface area contributed by atoms with Crippen LogP contribution in [0.2, 0.25) is 5.02 Å².